The van der Waals surface area contributed by atoms with Gasteiger partial charge in [-0.25, -0.2) is 12.7 Å². The Balaban J connectivity index is 2.14. The maximum atomic E-state index is 12.1. The van der Waals surface area contributed by atoms with E-state index in [0.717, 1.165) is 29.4 Å². The van der Waals surface area contributed by atoms with Crippen molar-refractivity contribution in [2.24, 2.45) is 0 Å². The number of rotatable bonds is 5. The number of benzene rings is 1. The molecule has 1 amide bonds. The minimum Gasteiger partial charge on any atom is -0.313 e. The number of anilines is 1. The van der Waals surface area contributed by atoms with Gasteiger partial charge in [-0.05, 0) is 44.5 Å². The molecule has 1 saturated heterocycles. The van der Waals surface area contributed by atoms with E-state index in [-0.39, 0.29) is 5.91 Å². The predicted octanol–water partition coefficient (Wildman–Crippen LogP) is 1.64. The van der Waals surface area contributed by atoms with Gasteiger partial charge >= 0.3 is 0 Å². The highest BCUT2D eigenvalue weighted by atomic mass is 32.2. The average molecular weight is 296 g/mol. The number of carbonyl (C=O) groups excluding carboxylic acids is 1. The molecular formula is C14H20N2O3S. The maximum absolute atomic E-state index is 12.1. The van der Waals surface area contributed by atoms with E-state index >= 15 is 0 Å². The van der Waals surface area contributed by atoms with Crippen molar-refractivity contribution in [2.75, 3.05) is 10.8 Å². The molecule has 0 spiro atoms. The molecule has 1 aromatic carbocycles. The van der Waals surface area contributed by atoms with E-state index in [0.29, 0.717) is 5.69 Å². The van der Waals surface area contributed by atoms with Crippen LogP contribution in [-0.4, -0.2) is 25.6 Å². The molecule has 5 nitrogen and oxygen atoms in total. The smallest absolute Gasteiger partial charge is 0.263 e. The first-order valence-corrected chi connectivity index (χ1v) is 8.15. The van der Waals surface area contributed by atoms with Crippen molar-refractivity contribution in [3.8, 4) is 0 Å². The Labute approximate surface area is 120 Å². The molecule has 0 atom stereocenters. The molecule has 1 fully saturated rings. The van der Waals surface area contributed by atoms with Crippen LogP contribution in [-0.2, 0) is 21.4 Å². The summed E-state index contributed by atoms with van der Waals surface area (Å²) in [7, 11) is -3.57. The maximum Gasteiger partial charge on any atom is 0.263 e. The molecule has 0 radical (unpaired) electrons. The zero-order chi connectivity index (χ0) is 15.0. The fourth-order valence-electron chi connectivity index (χ4n) is 2.07. The largest absolute Gasteiger partial charge is 0.313 e. The lowest BCUT2D eigenvalue weighted by molar-refractivity contribution is -0.120. The van der Waals surface area contributed by atoms with Crippen molar-refractivity contribution < 1.29 is 13.2 Å². The van der Waals surface area contributed by atoms with E-state index in [9.17, 15) is 13.2 Å². The van der Waals surface area contributed by atoms with Gasteiger partial charge in [-0.3, -0.25) is 4.79 Å². The van der Waals surface area contributed by atoms with Crippen LogP contribution in [0.5, 0.6) is 0 Å². The van der Waals surface area contributed by atoms with Gasteiger partial charge in [-0.15, -0.1) is 0 Å². The summed E-state index contributed by atoms with van der Waals surface area (Å²) < 4.78 is 23.7. The van der Waals surface area contributed by atoms with E-state index in [2.05, 4.69) is 12.2 Å². The number of amides is 1. The van der Waals surface area contributed by atoms with Gasteiger partial charge in [0.05, 0.1) is 5.69 Å². The van der Waals surface area contributed by atoms with Crippen molar-refractivity contribution in [1.82, 2.24) is 5.32 Å². The number of nitrogens with one attached hydrogen (secondary N) is 1. The van der Waals surface area contributed by atoms with Crippen LogP contribution in [0.1, 0.15) is 32.8 Å². The van der Waals surface area contributed by atoms with E-state index in [1.165, 1.54) is 13.8 Å². The molecule has 1 aliphatic rings. The van der Waals surface area contributed by atoms with Crippen LogP contribution in [0.2, 0.25) is 0 Å². The van der Waals surface area contributed by atoms with Gasteiger partial charge in [0.25, 0.3) is 15.9 Å². The van der Waals surface area contributed by atoms with E-state index in [1.807, 2.05) is 12.1 Å². The van der Waals surface area contributed by atoms with Crippen molar-refractivity contribution in [2.45, 2.75) is 38.5 Å². The number of hydrogen-bond acceptors (Lipinski definition) is 4. The topological polar surface area (TPSA) is 66.5 Å². The van der Waals surface area contributed by atoms with Gasteiger partial charge < -0.3 is 5.32 Å². The van der Waals surface area contributed by atoms with Crippen molar-refractivity contribution in [3.63, 3.8) is 0 Å². The molecule has 1 heterocycles. The van der Waals surface area contributed by atoms with Gasteiger partial charge in [0.15, 0.2) is 4.75 Å². The summed E-state index contributed by atoms with van der Waals surface area (Å²) in [6.07, 6.45) is 1.06. The Morgan fingerprint density at radius 2 is 1.80 bits per heavy atom. The molecule has 0 unspecified atom stereocenters. The normalized spacial score (nSPS) is 19.8. The number of hydrogen-bond donors (Lipinski definition) is 1. The lowest BCUT2D eigenvalue weighted by atomic mass is 10.1. The first-order valence-electron chi connectivity index (χ1n) is 6.71. The van der Waals surface area contributed by atoms with E-state index < -0.39 is 14.8 Å². The third-order valence-electron chi connectivity index (χ3n) is 3.51. The number of carbonyl (C=O) groups is 1. The first-order chi connectivity index (χ1) is 9.32. The zero-order valence-corrected chi connectivity index (χ0v) is 12.8. The Morgan fingerprint density at radius 1 is 1.20 bits per heavy atom. The molecular weight excluding hydrogens is 276 g/mol. The molecule has 110 valence electrons. The van der Waals surface area contributed by atoms with Crippen molar-refractivity contribution in [3.05, 3.63) is 29.8 Å². The lowest BCUT2D eigenvalue weighted by Gasteiger charge is -2.42. The quantitative estimate of drug-likeness (QED) is 0.839. The van der Waals surface area contributed by atoms with E-state index in [1.54, 1.807) is 12.1 Å². The van der Waals surface area contributed by atoms with Crippen molar-refractivity contribution in [1.29, 1.82) is 0 Å². The number of sulfonamides is 1. The average Bonchev–Trinajstić information content (AvgIpc) is 2.40. The molecule has 1 aliphatic heterocycles. The van der Waals surface area contributed by atoms with E-state index in [4.69, 9.17) is 0 Å². The standard InChI is InChI=1S/C14H20N2O3S/c1-4-9-15-10-11-5-7-12(8-6-11)16-13(17)14(2,3)20(16,18)19/h5-8,15H,4,9-10H2,1-3H3. The molecule has 0 aliphatic carbocycles. The van der Waals surface area contributed by atoms with Gasteiger partial charge in [0.1, 0.15) is 0 Å². The van der Waals surface area contributed by atoms with Crippen molar-refractivity contribution >= 4 is 21.6 Å². The van der Waals surface area contributed by atoms with Crippen LogP contribution in [0.25, 0.3) is 0 Å². The molecule has 0 aromatic heterocycles. The molecule has 20 heavy (non-hydrogen) atoms. The van der Waals surface area contributed by atoms with Gasteiger partial charge in [-0.1, -0.05) is 19.1 Å². The highest BCUT2D eigenvalue weighted by Gasteiger charge is 2.60. The Hall–Kier alpha value is -1.40. The number of nitrogens with zero attached hydrogens (tertiary/aromatic N) is 1. The monoisotopic (exact) mass is 296 g/mol. The second-order valence-electron chi connectivity index (χ2n) is 5.43. The molecule has 1 N–H and O–H groups in total. The van der Waals surface area contributed by atoms with Gasteiger partial charge in [-0.2, -0.15) is 0 Å². The second kappa shape index (κ2) is 5.18. The third-order valence-corrected chi connectivity index (χ3v) is 5.83. The molecule has 0 saturated carbocycles. The summed E-state index contributed by atoms with van der Waals surface area (Å²) in [5.74, 6) is -0.380. The fraction of sp³-hybridized carbons (Fsp3) is 0.500. The third kappa shape index (κ3) is 2.23. The highest BCUT2D eigenvalue weighted by Crippen LogP contribution is 2.38. The fourth-order valence-corrected chi connectivity index (χ4v) is 3.55. The molecule has 6 heteroatoms. The molecule has 1 aromatic rings. The van der Waals surface area contributed by atoms with Crippen LogP contribution in [0.3, 0.4) is 0 Å². The minimum atomic E-state index is -3.57. The van der Waals surface area contributed by atoms with Gasteiger partial charge in [0, 0.05) is 6.54 Å². The van der Waals surface area contributed by atoms with Gasteiger partial charge in [0.2, 0.25) is 0 Å². The Morgan fingerprint density at radius 3 is 2.30 bits per heavy atom. The van der Waals surface area contributed by atoms with Crippen LogP contribution >= 0.6 is 0 Å². The second-order valence-corrected chi connectivity index (χ2v) is 7.76. The predicted molar refractivity (Wildman–Crippen MR) is 78.9 cm³/mol. The zero-order valence-electron chi connectivity index (χ0n) is 12.0. The molecule has 0 bridgehead atoms. The van der Waals surface area contributed by atoms with Crippen LogP contribution in [0.4, 0.5) is 5.69 Å². The summed E-state index contributed by atoms with van der Waals surface area (Å²) in [5, 5.41) is 3.27. The summed E-state index contributed by atoms with van der Waals surface area (Å²) in [5.41, 5.74) is 1.47. The minimum absolute atomic E-state index is 0.380. The Bertz CT molecular complexity index is 606. The van der Waals surface area contributed by atoms with Crippen LogP contribution in [0.15, 0.2) is 24.3 Å². The molecule has 2 rings (SSSR count). The summed E-state index contributed by atoms with van der Waals surface area (Å²) >= 11 is 0. The summed E-state index contributed by atoms with van der Waals surface area (Å²) in [4.78, 5) is 11.9. The van der Waals surface area contributed by atoms with Crippen LogP contribution in [0, 0.1) is 0 Å². The lowest BCUT2D eigenvalue weighted by Crippen LogP contribution is -2.67. The first kappa shape index (κ1) is 15.0. The highest BCUT2D eigenvalue weighted by molar-refractivity contribution is 7.98. The summed E-state index contributed by atoms with van der Waals surface area (Å²) in [6.45, 7) is 6.64. The summed E-state index contributed by atoms with van der Waals surface area (Å²) in [6, 6.07) is 7.03. The SMILES string of the molecule is CCCNCc1ccc(N2C(=O)C(C)(C)S2(=O)=O)cc1. The van der Waals surface area contributed by atoms with Crippen LogP contribution < -0.4 is 9.62 Å². The Kier molecular flexibility index (Phi) is 3.88.